The number of fused-ring (bicyclic) bond motifs is 1. The molecule has 0 bridgehead atoms. The monoisotopic (exact) mass is 353 g/mol. The molecular weight excluding hydrogens is 330 g/mol. The van der Waals surface area contributed by atoms with Gasteiger partial charge in [-0.25, -0.2) is 4.99 Å². The van der Waals surface area contributed by atoms with Crippen LogP contribution >= 0.6 is 0 Å². The Morgan fingerprint density at radius 2 is 2.04 bits per heavy atom. The fraction of sp³-hybridized carbons (Fsp3) is 0.450. The number of hydrogen-bond acceptors (Lipinski definition) is 5. The SMILES string of the molecule is C[C@H]1Cc2ccccc2N1C(=O)CC1=NC(N2CCOCC2)=CC(=O)C1. The number of rotatable bonds is 3. The first-order valence-corrected chi connectivity index (χ1v) is 9.15. The highest BCUT2D eigenvalue weighted by atomic mass is 16.5. The van der Waals surface area contributed by atoms with Crippen LogP contribution in [0.3, 0.4) is 0 Å². The molecule has 0 aromatic heterocycles. The van der Waals surface area contributed by atoms with Crippen molar-refractivity contribution in [3.8, 4) is 0 Å². The van der Waals surface area contributed by atoms with Crippen LogP contribution in [0.2, 0.25) is 0 Å². The maximum Gasteiger partial charge on any atom is 0.232 e. The van der Waals surface area contributed by atoms with Crippen molar-refractivity contribution in [3.05, 3.63) is 41.7 Å². The molecule has 0 spiro atoms. The predicted molar refractivity (Wildman–Crippen MR) is 99.2 cm³/mol. The molecule has 26 heavy (non-hydrogen) atoms. The molecule has 0 radical (unpaired) electrons. The fourth-order valence-electron chi connectivity index (χ4n) is 3.89. The molecule has 1 aromatic carbocycles. The van der Waals surface area contributed by atoms with Crippen LogP contribution in [0.15, 0.2) is 41.2 Å². The smallest absolute Gasteiger partial charge is 0.232 e. The topological polar surface area (TPSA) is 62.2 Å². The van der Waals surface area contributed by atoms with E-state index in [-0.39, 0.29) is 30.6 Å². The van der Waals surface area contributed by atoms with E-state index >= 15 is 0 Å². The van der Waals surface area contributed by atoms with Crippen molar-refractivity contribution >= 4 is 23.1 Å². The van der Waals surface area contributed by atoms with Gasteiger partial charge in [0, 0.05) is 43.0 Å². The Balaban J connectivity index is 1.51. The molecular formula is C20H23N3O3. The summed E-state index contributed by atoms with van der Waals surface area (Å²) < 4.78 is 5.36. The molecule has 136 valence electrons. The number of allylic oxidation sites excluding steroid dienone is 1. The summed E-state index contributed by atoms with van der Waals surface area (Å²) in [6.45, 7) is 4.78. The average Bonchev–Trinajstić information content (AvgIpc) is 2.97. The highest BCUT2D eigenvalue weighted by Crippen LogP contribution is 2.32. The van der Waals surface area contributed by atoms with E-state index in [0.29, 0.717) is 24.7 Å². The van der Waals surface area contributed by atoms with E-state index in [1.54, 1.807) is 6.08 Å². The number of carbonyl (C=O) groups excluding carboxylic acids is 2. The Labute approximate surface area is 153 Å². The minimum Gasteiger partial charge on any atom is -0.378 e. The first-order valence-electron chi connectivity index (χ1n) is 9.15. The number of nitrogens with zero attached hydrogens (tertiary/aromatic N) is 3. The summed E-state index contributed by atoms with van der Waals surface area (Å²) in [5.41, 5.74) is 2.83. The molecule has 6 nitrogen and oxygen atoms in total. The molecule has 4 rings (SSSR count). The summed E-state index contributed by atoms with van der Waals surface area (Å²) in [6.07, 6.45) is 2.87. The van der Waals surface area contributed by atoms with Crippen molar-refractivity contribution in [2.75, 3.05) is 31.2 Å². The lowest BCUT2D eigenvalue weighted by atomic mass is 10.1. The van der Waals surface area contributed by atoms with Gasteiger partial charge in [0.2, 0.25) is 5.91 Å². The van der Waals surface area contributed by atoms with Gasteiger partial charge in [-0.2, -0.15) is 0 Å². The summed E-state index contributed by atoms with van der Waals surface area (Å²) >= 11 is 0. The zero-order valence-corrected chi connectivity index (χ0v) is 15.0. The van der Waals surface area contributed by atoms with Gasteiger partial charge >= 0.3 is 0 Å². The number of para-hydroxylation sites is 1. The minimum atomic E-state index is 0.0113. The third kappa shape index (κ3) is 3.29. The summed E-state index contributed by atoms with van der Waals surface area (Å²) in [4.78, 5) is 33.6. The van der Waals surface area contributed by atoms with E-state index in [9.17, 15) is 9.59 Å². The summed E-state index contributed by atoms with van der Waals surface area (Å²) in [5.74, 6) is 0.693. The van der Waals surface area contributed by atoms with Gasteiger partial charge in [-0.3, -0.25) is 9.59 Å². The Morgan fingerprint density at radius 1 is 1.27 bits per heavy atom. The third-order valence-corrected chi connectivity index (χ3v) is 5.11. The van der Waals surface area contributed by atoms with Gasteiger partial charge in [0.05, 0.1) is 19.6 Å². The van der Waals surface area contributed by atoms with Gasteiger partial charge in [-0.1, -0.05) is 18.2 Å². The van der Waals surface area contributed by atoms with Crippen LogP contribution < -0.4 is 4.90 Å². The lowest BCUT2D eigenvalue weighted by molar-refractivity contribution is -0.117. The molecule has 6 heteroatoms. The molecule has 1 atom stereocenters. The molecule has 1 fully saturated rings. The van der Waals surface area contributed by atoms with E-state index in [1.165, 1.54) is 5.56 Å². The Bertz CT molecular complexity index is 793. The quantitative estimate of drug-likeness (QED) is 0.833. The lowest BCUT2D eigenvalue weighted by Gasteiger charge is -2.30. The molecule has 3 heterocycles. The van der Waals surface area contributed by atoms with Gasteiger partial charge in [0.25, 0.3) is 0 Å². The molecule has 1 amide bonds. The second kappa shape index (κ2) is 7.03. The first kappa shape index (κ1) is 17.0. The fourth-order valence-corrected chi connectivity index (χ4v) is 3.89. The molecule has 1 aromatic rings. The van der Waals surface area contributed by atoms with Gasteiger partial charge in [-0.15, -0.1) is 0 Å². The van der Waals surface area contributed by atoms with Gasteiger partial charge < -0.3 is 14.5 Å². The maximum absolute atomic E-state index is 13.0. The number of carbonyl (C=O) groups is 2. The second-order valence-electron chi connectivity index (χ2n) is 7.05. The van der Waals surface area contributed by atoms with Gasteiger partial charge in [0.15, 0.2) is 5.78 Å². The number of ether oxygens (including phenoxy) is 1. The Kier molecular flexibility index (Phi) is 4.59. The van der Waals surface area contributed by atoms with Crippen molar-refractivity contribution in [1.82, 2.24) is 4.90 Å². The standard InChI is InChI=1S/C20H23N3O3/c1-14-10-15-4-2-3-5-18(15)23(14)20(25)12-16-11-17(24)13-19(21-16)22-6-8-26-9-7-22/h2-5,13-14H,6-12H2,1H3/t14-/m0/s1. The lowest BCUT2D eigenvalue weighted by Crippen LogP contribution is -2.38. The molecule has 0 aliphatic carbocycles. The van der Waals surface area contributed by atoms with Crippen LogP contribution in [0.4, 0.5) is 5.69 Å². The number of amides is 1. The predicted octanol–water partition coefficient (Wildman–Crippen LogP) is 1.94. The number of hydrogen-bond donors (Lipinski definition) is 0. The Morgan fingerprint density at radius 3 is 2.85 bits per heavy atom. The molecule has 3 aliphatic rings. The molecule has 0 N–H and O–H groups in total. The average molecular weight is 353 g/mol. The van der Waals surface area contributed by atoms with Crippen molar-refractivity contribution in [3.63, 3.8) is 0 Å². The summed E-state index contributed by atoms with van der Waals surface area (Å²) in [6, 6.07) is 8.15. The number of ketones is 1. The number of anilines is 1. The van der Waals surface area contributed by atoms with Crippen LogP contribution in [0.5, 0.6) is 0 Å². The van der Waals surface area contributed by atoms with Crippen LogP contribution in [0, 0.1) is 0 Å². The normalized spacial score (nSPS) is 22.8. The summed E-state index contributed by atoms with van der Waals surface area (Å²) in [7, 11) is 0. The number of aliphatic imine (C=N–C) groups is 1. The van der Waals surface area contributed by atoms with Crippen LogP contribution in [0.1, 0.15) is 25.3 Å². The van der Waals surface area contributed by atoms with Crippen molar-refractivity contribution in [1.29, 1.82) is 0 Å². The van der Waals surface area contributed by atoms with Crippen LogP contribution in [-0.2, 0) is 20.7 Å². The van der Waals surface area contributed by atoms with E-state index in [0.717, 1.165) is 25.2 Å². The van der Waals surface area contributed by atoms with Crippen LogP contribution in [-0.4, -0.2) is 54.6 Å². The summed E-state index contributed by atoms with van der Waals surface area (Å²) in [5, 5.41) is 0. The highest BCUT2D eigenvalue weighted by Gasteiger charge is 2.31. The zero-order chi connectivity index (χ0) is 18.1. The second-order valence-corrected chi connectivity index (χ2v) is 7.05. The number of morpholine rings is 1. The van der Waals surface area contributed by atoms with E-state index in [1.807, 2.05) is 23.1 Å². The molecule has 0 unspecified atom stereocenters. The van der Waals surface area contributed by atoms with Crippen LogP contribution in [0.25, 0.3) is 0 Å². The van der Waals surface area contributed by atoms with Gasteiger partial charge in [-0.05, 0) is 25.0 Å². The van der Waals surface area contributed by atoms with Crippen molar-refractivity contribution in [2.45, 2.75) is 32.2 Å². The highest BCUT2D eigenvalue weighted by molar-refractivity contribution is 6.16. The maximum atomic E-state index is 13.0. The van der Waals surface area contributed by atoms with Crippen molar-refractivity contribution in [2.24, 2.45) is 4.99 Å². The minimum absolute atomic E-state index is 0.0113. The molecule has 0 saturated carbocycles. The molecule has 3 aliphatic heterocycles. The van der Waals surface area contributed by atoms with E-state index in [2.05, 4.69) is 22.9 Å². The molecule has 1 saturated heterocycles. The number of benzene rings is 1. The van der Waals surface area contributed by atoms with E-state index < -0.39 is 0 Å². The van der Waals surface area contributed by atoms with E-state index in [4.69, 9.17) is 4.74 Å². The third-order valence-electron chi connectivity index (χ3n) is 5.11. The van der Waals surface area contributed by atoms with Gasteiger partial charge in [0.1, 0.15) is 5.82 Å². The largest absolute Gasteiger partial charge is 0.378 e. The first-order chi connectivity index (χ1) is 12.6. The van der Waals surface area contributed by atoms with Crippen molar-refractivity contribution < 1.29 is 14.3 Å². The Hall–Kier alpha value is -2.47. The zero-order valence-electron chi connectivity index (χ0n) is 15.0.